The van der Waals surface area contributed by atoms with Crippen molar-refractivity contribution in [3.05, 3.63) is 89.0 Å². The summed E-state index contributed by atoms with van der Waals surface area (Å²) in [5, 5.41) is 0. The molecular weight excluding hydrogens is 466 g/mol. The van der Waals surface area contributed by atoms with E-state index in [9.17, 15) is 0 Å². The van der Waals surface area contributed by atoms with Gasteiger partial charge in [0.05, 0.1) is 13.7 Å². The lowest BCUT2D eigenvalue weighted by molar-refractivity contribution is 0.125. The van der Waals surface area contributed by atoms with Crippen LogP contribution in [0.3, 0.4) is 0 Å². The number of nitrogens with two attached hydrogens (primary N) is 1. The molecule has 4 rings (SSSR count). The number of methoxy groups -OCH3 is 2. The highest BCUT2D eigenvalue weighted by molar-refractivity contribution is 7.97. The van der Waals surface area contributed by atoms with E-state index in [1.807, 2.05) is 36.2 Å². The predicted octanol–water partition coefficient (Wildman–Crippen LogP) is 5.89. The van der Waals surface area contributed by atoms with Gasteiger partial charge in [-0.15, -0.1) is 0 Å². The monoisotopic (exact) mass is 501 g/mol. The van der Waals surface area contributed by atoms with Gasteiger partial charge in [-0.3, -0.25) is 4.90 Å². The number of rotatable bonds is 10. The molecule has 1 fully saturated rings. The summed E-state index contributed by atoms with van der Waals surface area (Å²) in [7, 11) is 3.47. The van der Waals surface area contributed by atoms with Crippen molar-refractivity contribution < 1.29 is 9.47 Å². The second-order valence-corrected chi connectivity index (χ2v) is 9.93. The van der Waals surface area contributed by atoms with E-state index < -0.39 is 0 Å². The van der Waals surface area contributed by atoms with Crippen molar-refractivity contribution in [1.82, 2.24) is 9.21 Å². The molecular formula is C30H35N3O2S. The third-order valence-electron chi connectivity index (χ3n) is 6.18. The van der Waals surface area contributed by atoms with Crippen LogP contribution in [-0.4, -0.2) is 62.8 Å². The van der Waals surface area contributed by atoms with E-state index in [-0.39, 0.29) is 0 Å². The van der Waals surface area contributed by atoms with Crippen LogP contribution in [0, 0.1) is 0 Å². The fraction of sp³-hybridized carbons (Fsp3) is 0.267. The average molecular weight is 502 g/mol. The van der Waals surface area contributed by atoms with Gasteiger partial charge in [-0.25, -0.2) is 4.31 Å². The van der Waals surface area contributed by atoms with Crippen molar-refractivity contribution in [2.75, 3.05) is 59.3 Å². The molecule has 0 atom stereocenters. The smallest absolute Gasteiger partial charge is 0.126 e. The summed E-state index contributed by atoms with van der Waals surface area (Å²) in [5.74, 6) is 0.845. The summed E-state index contributed by atoms with van der Waals surface area (Å²) in [5.41, 5.74) is 10.9. The molecule has 3 aromatic rings. The fourth-order valence-corrected chi connectivity index (χ4v) is 4.91. The van der Waals surface area contributed by atoms with Crippen molar-refractivity contribution in [2.45, 2.75) is 4.90 Å². The van der Waals surface area contributed by atoms with Crippen molar-refractivity contribution in [1.29, 1.82) is 0 Å². The van der Waals surface area contributed by atoms with E-state index in [4.69, 9.17) is 15.2 Å². The van der Waals surface area contributed by atoms with Gasteiger partial charge in [0.2, 0.25) is 0 Å². The maximum Gasteiger partial charge on any atom is 0.126 e. The Morgan fingerprint density at radius 1 is 0.778 bits per heavy atom. The minimum Gasteiger partial charge on any atom is -0.496 e. The zero-order chi connectivity index (χ0) is 25.2. The van der Waals surface area contributed by atoms with Crippen LogP contribution in [0.25, 0.3) is 24.3 Å². The Morgan fingerprint density at radius 3 is 2.06 bits per heavy atom. The van der Waals surface area contributed by atoms with Gasteiger partial charge in [-0.2, -0.15) is 0 Å². The number of piperazine rings is 1. The SMILES string of the molecule is COCCN1CCN(Sc2ccc(/C=C/c3ccc(/C=C/c4ccc(N)cc4)c(OC)c3)cc2)CC1. The zero-order valence-electron chi connectivity index (χ0n) is 21.1. The molecule has 1 saturated heterocycles. The number of nitrogens with zero attached hydrogens (tertiary/aromatic N) is 2. The summed E-state index contributed by atoms with van der Waals surface area (Å²) in [6.07, 6.45) is 8.39. The van der Waals surface area contributed by atoms with E-state index in [2.05, 4.69) is 76.0 Å². The molecule has 3 aromatic carbocycles. The van der Waals surface area contributed by atoms with Gasteiger partial charge in [0, 0.05) is 56.0 Å². The zero-order valence-corrected chi connectivity index (χ0v) is 21.9. The first-order chi connectivity index (χ1) is 17.6. The largest absolute Gasteiger partial charge is 0.496 e. The third kappa shape index (κ3) is 7.73. The molecule has 1 aliphatic rings. The van der Waals surface area contributed by atoms with Gasteiger partial charge in [-0.05, 0) is 59.0 Å². The Kier molecular flexibility index (Phi) is 9.64. The number of ether oxygens (including phenoxy) is 2. The summed E-state index contributed by atoms with van der Waals surface area (Å²) in [6, 6.07) is 22.8. The summed E-state index contributed by atoms with van der Waals surface area (Å²) < 4.78 is 13.3. The Hall–Kier alpha value is -3.03. The van der Waals surface area contributed by atoms with Crippen LogP contribution in [-0.2, 0) is 4.74 Å². The Balaban J connectivity index is 1.32. The van der Waals surface area contributed by atoms with Crippen molar-refractivity contribution >= 4 is 41.9 Å². The highest BCUT2D eigenvalue weighted by Gasteiger charge is 2.17. The van der Waals surface area contributed by atoms with Crippen molar-refractivity contribution in [3.63, 3.8) is 0 Å². The van der Waals surface area contributed by atoms with Gasteiger partial charge < -0.3 is 15.2 Å². The van der Waals surface area contributed by atoms with Crippen molar-refractivity contribution in [3.8, 4) is 5.75 Å². The highest BCUT2D eigenvalue weighted by Crippen LogP contribution is 2.26. The first-order valence-electron chi connectivity index (χ1n) is 12.3. The third-order valence-corrected chi connectivity index (χ3v) is 7.28. The minimum atomic E-state index is 0.765. The summed E-state index contributed by atoms with van der Waals surface area (Å²) in [4.78, 5) is 3.74. The van der Waals surface area contributed by atoms with Gasteiger partial charge in [0.15, 0.2) is 0 Å². The second-order valence-electron chi connectivity index (χ2n) is 8.76. The Bertz CT molecular complexity index is 1150. The Morgan fingerprint density at radius 2 is 1.39 bits per heavy atom. The van der Waals surface area contributed by atoms with E-state index in [0.29, 0.717) is 0 Å². The topological polar surface area (TPSA) is 51.0 Å². The molecule has 0 aromatic heterocycles. The van der Waals surface area contributed by atoms with Gasteiger partial charge in [0.1, 0.15) is 5.75 Å². The molecule has 36 heavy (non-hydrogen) atoms. The van der Waals surface area contributed by atoms with Crippen LogP contribution in [0.4, 0.5) is 5.69 Å². The molecule has 0 bridgehead atoms. The van der Waals surface area contributed by atoms with Gasteiger partial charge in [-0.1, -0.05) is 60.7 Å². The molecule has 188 valence electrons. The lowest BCUT2D eigenvalue weighted by Gasteiger charge is -2.33. The molecule has 2 N–H and O–H groups in total. The van der Waals surface area contributed by atoms with Crippen LogP contribution in [0.2, 0.25) is 0 Å². The molecule has 5 nitrogen and oxygen atoms in total. The second kappa shape index (κ2) is 13.3. The minimum absolute atomic E-state index is 0.765. The number of hydrogen-bond acceptors (Lipinski definition) is 6. The molecule has 0 saturated carbocycles. The number of nitrogen functional groups attached to an aromatic ring is 1. The molecule has 6 heteroatoms. The van der Waals surface area contributed by atoms with Crippen LogP contribution in [0.15, 0.2) is 71.6 Å². The average Bonchev–Trinajstić information content (AvgIpc) is 2.92. The predicted molar refractivity (Wildman–Crippen MR) is 154 cm³/mol. The van der Waals surface area contributed by atoms with Crippen LogP contribution in [0.1, 0.15) is 22.3 Å². The molecule has 0 unspecified atom stereocenters. The maximum absolute atomic E-state index is 5.77. The van der Waals surface area contributed by atoms with Gasteiger partial charge in [0.25, 0.3) is 0 Å². The van der Waals surface area contributed by atoms with E-state index in [1.165, 1.54) is 10.5 Å². The standard InChI is InChI=1S/C30H35N3O2S/c1-34-22-21-32-17-19-33(20-18-32)36-29-15-9-24(10-16-29)3-4-26-6-12-27(30(23-26)35-2)11-5-25-7-13-28(31)14-8-25/h3-16,23H,17-22,31H2,1-2H3/b4-3+,11-5+. The van der Waals surface area contributed by atoms with Crippen LogP contribution in [0.5, 0.6) is 5.75 Å². The normalized spacial score (nSPS) is 15.2. The van der Waals surface area contributed by atoms with Crippen LogP contribution < -0.4 is 10.5 Å². The number of anilines is 1. The van der Waals surface area contributed by atoms with E-state index >= 15 is 0 Å². The first-order valence-corrected chi connectivity index (χ1v) is 13.0. The van der Waals surface area contributed by atoms with Crippen LogP contribution >= 0.6 is 11.9 Å². The Labute approximate surface area is 219 Å². The number of hydrogen-bond donors (Lipinski definition) is 1. The molecule has 0 amide bonds. The highest BCUT2D eigenvalue weighted by atomic mass is 32.2. The molecule has 1 aliphatic heterocycles. The molecule has 0 aliphatic carbocycles. The molecule has 0 spiro atoms. The van der Waals surface area contributed by atoms with Crippen molar-refractivity contribution in [2.24, 2.45) is 0 Å². The summed E-state index contributed by atoms with van der Waals surface area (Å²) >= 11 is 1.85. The fourth-order valence-electron chi connectivity index (χ4n) is 4.01. The summed E-state index contributed by atoms with van der Waals surface area (Å²) in [6.45, 7) is 6.16. The quantitative estimate of drug-likeness (QED) is 0.212. The van der Waals surface area contributed by atoms with E-state index in [1.54, 1.807) is 14.2 Å². The lowest BCUT2D eigenvalue weighted by Crippen LogP contribution is -2.44. The first kappa shape index (κ1) is 26.0. The lowest BCUT2D eigenvalue weighted by atomic mass is 10.1. The molecule has 1 heterocycles. The molecule has 0 radical (unpaired) electrons. The van der Waals surface area contributed by atoms with E-state index in [0.717, 1.165) is 67.5 Å². The number of benzene rings is 3. The van der Waals surface area contributed by atoms with Gasteiger partial charge >= 0.3 is 0 Å². The maximum atomic E-state index is 5.77.